The predicted molar refractivity (Wildman–Crippen MR) is 80.0 cm³/mol. The van der Waals surface area contributed by atoms with Gasteiger partial charge in [0.1, 0.15) is 0 Å². The van der Waals surface area contributed by atoms with Crippen LogP contribution in [0.5, 0.6) is 0 Å². The lowest BCUT2D eigenvalue weighted by molar-refractivity contribution is 0.178. The normalized spacial score (nSPS) is 12.6. The highest BCUT2D eigenvalue weighted by atomic mass is 16.3. The quantitative estimate of drug-likeness (QED) is 0.819. The average Bonchev–Trinajstić information content (AvgIpc) is 2.40. The second-order valence-corrected chi connectivity index (χ2v) is 5.28. The van der Waals surface area contributed by atoms with Crippen molar-refractivity contribution in [1.82, 2.24) is 0 Å². The first-order valence-corrected chi connectivity index (χ1v) is 6.68. The largest absolute Gasteiger partial charge is 0.399 e. The van der Waals surface area contributed by atoms with Gasteiger partial charge in [-0.05, 0) is 34.7 Å². The summed E-state index contributed by atoms with van der Waals surface area (Å²) >= 11 is 0. The van der Waals surface area contributed by atoms with Gasteiger partial charge in [-0.25, -0.2) is 0 Å². The van der Waals surface area contributed by atoms with E-state index in [-0.39, 0.29) is 0 Å². The zero-order valence-corrected chi connectivity index (χ0v) is 11.5. The van der Waals surface area contributed by atoms with Crippen molar-refractivity contribution in [3.63, 3.8) is 0 Å². The Hall–Kier alpha value is -1.80. The van der Waals surface area contributed by atoms with E-state index in [0.717, 1.165) is 16.8 Å². The SMILES string of the molecule is CC(C)c1ccc(CC(O)c2ccc(N)cc2)cc1. The highest BCUT2D eigenvalue weighted by Crippen LogP contribution is 2.21. The van der Waals surface area contributed by atoms with Crippen LogP contribution in [0.3, 0.4) is 0 Å². The van der Waals surface area contributed by atoms with Gasteiger partial charge in [-0.1, -0.05) is 50.2 Å². The molecule has 0 bridgehead atoms. The minimum atomic E-state index is -0.481. The summed E-state index contributed by atoms with van der Waals surface area (Å²) in [5.41, 5.74) is 9.74. The second kappa shape index (κ2) is 5.89. The Morgan fingerprint density at radius 1 is 0.895 bits per heavy atom. The lowest BCUT2D eigenvalue weighted by Gasteiger charge is -2.12. The van der Waals surface area contributed by atoms with Crippen LogP contribution < -0.4 is 5.73 Å². The third kappa shape index (κ3) is 3.58. The molecule has 0 fully saturated rings. The molecule has 2 rings (SSSR count). The molecule has 0 amide bonds. The van der Waals surface area contributed by atoms with Gasteiger partial charge in [-0.2, -0.15) is 0 Å². The van der Waals surface area contributed by atoms with Gasteiger partial charge < -0.3 is 10.8 Å². The Balaban J connectivity index is 2.06. The summed E-state index contributed by atoms with van der Waals surface area (Å²) < 4.78 is 0. The van der Waals surface area contributed by atoms with Crippen molar-refractivity contribution in [2.45, 2.75) is 32.3 Å². The highest BCUT2D eigenvalue weighted by Gasteiger charge is 2.08. The molecule has 0 saturated heterocycles. The molecule has 0 radical (unpaired) electrons. The van der Waals surface area contributed by atoms with Crippen molar-refractivity contribution in [3.8, 4) is 0 Å². The zero-order valence-electron chi connectivity index (χ0n) is 11.5. The number of nitrogens with two attached hydrogens (primary N) is 1. The van der Waals surface area contributed by atoms with E-state index in [1.165, 1.54) is 5.56 Å². The molecule has 3 N–H and O–H groups in total. The smallest absolute Gasteiger partial charge is 0.0830 e. The molecule has 19 heavy (non-hydrogen) atoms. The first kappa shape index (κ1) is 13.6. The number of hydrogen-bond acceptors (Lipinski definition) is 2. The molecule has 100 valence electrons. The molecule has 2 heteroatoms. The van der Waals surface area contributed by atoms with Crippen LogP contribution in [0.4, 0.5) is 5.69 Å². The predicted octanol–water partition coefficient (Wildman–Crippen LogP) is 3.67. The molecule has 0 heterocycles. The molecule has 2 aromatic rings. The number of hydrogen-bond donors (Lipinski definition) is 2. The molecule has 0 aromatic heterocycles. The van der Waals surface area contributed by atoms with Gasteiger partial charge >= 0.3 is 0 Å². The van der Waals surface area contributed by atoms with Crippen LogP contribution in [0.15, 0.2) is 48.5 Å². The molecule has 0 aliphatic heterocycles. The van der Waals surface area contributed by atoms with Crippen LogP contribution in [0, 0.1) is 0 Å². The number of rotatable bonds is 4. The Morgan fingerprint density at radius 2 is 1.42 bits per heavy atom. The van der Waals surface area contributed by atoms with E-state index in [1.807, 2.05) is 24.3 Å². The van der Waals surface area contributed by atoms with Crippen molar-refractivity contribution in [1.29, 1.82) is 0 Å². The van der Waals surface area contributed by atoms with Crippen molar-refractivity contribution in [2.24, 2.45) is 0 Å². The van der Waals surface area contributed by atoms with Crippen LogP contribution in [0.25, 0.3) is 0 Å². The summed E-state index contributed by atoms with van der Waals surface area (Å²) in [4.78, 5) is 0. The maximum atomic E-state index is 10.2. The van der Waals surface area contributed by atoms with Crippen LogP contribution in [-0.2, 0) is 6.42 Å². The topological polar surface area (TPSA) is 46.2 Å². The molecular weight excluding hydrogens is 234 g/mol. The van der Waals surface area contributed by atoms with Gasteiger partial charge in [0.25, 0.3) is 0 Å². The van der Waals surface area contributed by atoms with Gasteiger partial charge in [0.15, 0.2) is 0 Å². The molecular formula is C17H21NO. The standard InChI is InChI=1S/C17H21NO/c1-12(2)14-5-3-13(4-6-14)11-17(19)15-7-9-16(18)10-8-15/h3-10,12,17,19H,11,18H2,1-2H3. The van der Waals surface area contributed by atoms with Gasteiger partial charge in [-0.15, -0.1) is 0 Å². The Labute approximate surface area is 114 Å². The van der Waals surface area contributed by atoms with E-state index < -0.39 is 6.10 Å². The Morgan fingerprint density at radius 3 is 1.95 bits per heavy atom. The fourth-order valence-corrected chi connectivity index (χ4v) is 2.10. The molecule has 0 spiro atoms. The van der Waals surface area contributed by atoms with E-state index in [9.17, 15) is 5.11 Å². The molecule has 2 nitrogen and oxygen atoms in total. The van der Waals surface area contributed by atoms with E-state index in [1.54, 1.807) is 0 Å². The molecule has 0 aliphatic rings. The van der Waals surface area contributed by atoms with Gasteiger partial charge in [0, 0.05) is 12.1 Å². The molecule has 1 atom stereocenters. The number of aliphatic hydroxyl groups is 1. The molecule has 0 saturated carbocycles. The van der Waals surface area contributed by atoms with Gasteiger partial charge in [-0.3, -0.25) is 0 Å². The fraction of sp³-hybridized carbons (Fsp3) is 0.294. The fourth-order valence-electron chi connectivity index (χ4n) is 2.10. The summed E-state index contributed by atoms with van der Waals surface area (Å²) in [6.45, 7) is 4.36. The number of anilines is 1. The molecule has 1 unspecified atom stereocenters. The third-order valence-electron chi connectivity index (χ3n) is 3.40. The van der Waals surface area contributed by atoms with Gasteiger partial charge in [0.2, 0.25) is 0 Å². The number of nitrogen functional groups attached to an aromatic ring is 1. The van der Waals surface area contributed by atoms with Crippen LogP contribution in [0.1, 0.15) is 42.6 Å². The minimum absolute atomic E-state index is 0.481. The van der Waals surface area contributed by atoms with E-state index in [0.29, 0.717) is 12.3 Å². The van der Waals surface area contributed by atoms with Gasteiger partial charge in [0.05, 0.1) is 6.10 Å². The maximum absolute atomic E-state index is 10.2. The van der Waals surface area contributed by atoms with E-state index >= 15 is 0 Å². The van der Waals surface area contributed by atoms with Crippen molar-refractivity contribution in [3.05, 3.63) is 65.2 Å². The molecule has 0 aliphatic carbocycles. The Bertz CT molecular complexity index is 514. The monoisotopic (exact) mass is 255 g/mol. The first-order chi connectivity index (χ1) is 9.06. The lowest BCUT2D eigenvalue weighted by Crippen LogP contribution is -2.02. The molecule has 2 aromatic carbocycles. The summed E-state index contributed by atoms with van der Waals surface area (Å²) in [5.74, 6) is 0.538. The number of benzene rings is 2. The highest BCUT2D eigenvalue weighted by molar-refractivity contribution is 5.40. The van der Waals surface area contributed by atoms with Crippen LogP contribution in [0.2, 0.25) is 0 Å². The van der Waals surface area contributed by atoms with Crippen molar-refractivity contribution < 1.29 is 5.11 Å². The maximum Gasteiger partial charge on any atom is 0.0830 e. The number of aliphatic hydroxyl groups excluding tert-OH is 1. The average molecular weight is 255 g/mol. The Kier molecular flexibility index (Phi) is 4.23. The van der Waals surface area contributed by atoms with E-state index in [4.69, 9.17) is 5.73 Å². The first-order valence-electron chi connectivity index (χ1n) is 6.68. The third-order valence-corrected chi connectivity index (χ3v) is 3.40. The second-order valence-electron chi connectivity index (χ2n) is 5.28. The van der Waals surface area contributed by atoms with Crippen LogP contribution in [-0.4, -0.2) is 5.11 Å². The summed E-state index contributed by atoms with van der Waals surface area (Å²) in [5, 5.41) is 10.2. The van der Waals surface area contributed by atoms with Crippen LogP contribution >= 0.6 is 0 Å². The zero-order chi connectivity index (χ0) is 13.8. The summed E-state index contributed by atoms with van der Waals surface area (Å²) in [7, 11) is 0. The van der Waals surface area contributed by atoms with Crippen molar-refractivity contribution >= 4 is 5.69 Å². The van der Waals surface area contributed by atoms with E-state index in [2.05, 4.69) is 38.1 Å². The minimum Gasteiger partial charge on any atom is -0.399 e. The summed E-state index contributed by atoms with van der Waals surface area (Å²) in [6, 6.07) is 15.9. The van der Waals surface area contributed by atoms with Crippen molar-refractivity contribution in [2.75, 3.05) is 5.73 Å². The summed E-state index contributed by atoms with van der Waals surface area (Å²) in [6.07, 6.45) is 0.146. The lowest BCUT2D eigenvalue weighted by atomic mass is 9.97.